The Morgan fingerprint density at radius 3 is 2.31 bits per heavy atom. The fourth-order valence-corrected chi connectivity index (χ4v) is 3.20. The molecule has 1 N–H and O–H groups in total. The van der Waals surface area contributed by atoms with Gasteiger partial charge in [-0.05, 0) is 25.2 Å². The zero-order valence-electron chi connectivity index (χ0n) is 10.3. The molecule has 0 aromatic carbocycles. The van der Waals surface area contributed by atoms with Gasteiger partial charge in [0.25, 0.3) is 0 Å². The number of aliphatic hydroxyl groups is 1. The van der Waals surface area contributed by atoms with Crippen molar-refractivity contribution in [1.29, 1.82) is 0 Å². The summed E-state index contributed by atoms with van der Waals surface area (Å²) in [5.74, 6) is 3.82. The zero-order valence-corrected chi connectivity index (χ0v) is 10.3. The Hall–Kier alpha value is -0.480. The molecular weight excluding hydrogens is 196 g/mol. The van der Waals surface area contributed by atoms with Gasteiger partial charge in [0.05, 0.1) is 0 Å². The monoisotopic (exact) mass is 220 g/mol. The van der Waals surface area contributed by atoms with Crippen molar-refractivity contribution in [3.8, 4) is 12.3 Å². The van der Waals surface area contributed by atoms with Crippen molar-refractivity contribution in [3.05, 3.63) is 0 Å². The Morgan fingerprint density at radius 1 is 1.00 bits per heavy atom. The largest absolute Gasteiger partial charge is 0.377 e. The van der Waals surface area contributed by atoms with E-state index in [0.29, 0.717) is 5.92 Å². The van der Waals surface area contributed by atoms with E-state index in [2.05, 4.69) is 5.92 Å². The van der Waals surface area contributed by atoms with Gasteiger partial charge in [0.15, 0.2) is 0 Å². The summed E-state index contributed by atoms with van der Waals surface area (Å²) in [6.45, 7) is 0. The first-order valence-electron chi connectivity index (χ1n) is 6.96. The van der Waals surface area contributed by atoms with Crippen LogP contribution in [0.2, 0.25) is 0 Å². The van der Waals surface area contributed by atoms with E-state index in [-0.39, 0.29) is 0 Å². The normalized spacial score (nSPS) is 41.0. The van der Waals surface area contributed by atoms with Crippen LogP contribution in [-0.4, -0.2) is 10.7 Å². The maximum atomic E-state index is 10.4. The SMILES string of the molecule is C#C[C@@]1(O)CCCCCCCCC[C@@H]2C[C@@H]21. The molecule has 1 heteroatoms. The molecule has 90 valence electrons. The van der Waals surface area contributed by atoms with Crippen LogP contribution in [0.25, 0.3) is 0 Å². The van der Waals surface area contributed by atoms with Crippen molar-refractivity contribution in [2.45, 2.75) is 69.8 Å². The van der Waals surface area contributed by atoms with E-state index in [9.17, 15) is 5.11 Å². The van der Waals surface area contributed by atoms with Crippen molar-refractivity contribution in [3.63, 3.8) is 0 Å². The predicted octanol–water partition coefficient (Wildman–Crippen LogP) is 3.51. The molecule has 0 heterocycles. The second-order valence-corrected chi connectivity index (χ2v) is 5.68. The van der Waals surface area contributed by atoms with Gasteiger partial charge < -0.3 is 5.11 Å². The molecule has 2 aliphatic rings. The number of fused-ring (bicyclic) bond motifs is 1. The standard InChI is InChI=1S/C15H24O/c1-2-15(16)11-9-7-5-3-4-6-8-10-13-12-14(13)15/h1,13-14,16H,3-12H2/t13-,14+,15-/m1/s1. The zero-order chi connectivity index (χ0) is 11.4. The van der Waals surface area contributed by atoms with E-state index in [4.69, 9.17) is 6.42 Å². The highest BCUT2D eigenvalue weighted by Crippen LogP contribution is 2.51. The summed E-state index contributed by atoms with van der Waals surface area (Å²) in [4.78, 5) is 0. The third-order valence-electron chi connectivity index (χ3n) is 4.42. The summed E-state index contributed by atoms with van der Waals surface area (Å²) in [5, 5.41) is 10.4. The molecule has 1 nitrogen and oxygen atoms in total. The third kappa shape index (κ3) is 2.80. The molecule has 0 saturated heterocycles. The number of terminal acetylenes is 1. The van der Waals surface area contributed by atoms with Crippen LogP contribution in [0.1, 0.15) is 64.2 Å². The molecule has 0 spiro atoms. The summed E-state index contributed by atoms with van der Waals surface area (Å²) in [6, 6.07) is 0. The molecule has 0 aliphatic heterocycles. The van der Waals surface area contributed by atoms with E-state index in [1.165, 1.54) is 51.4 Å². The first kappa shape index (κ1) is 12.0. The van der Waals surface area contributed by atoms with Crippen molar-refractivity contribution < 1.29 is 5.11 Å². The van der Waals surface area contributed by atoms with Crippen LogP contribution in [0.15, 0.2) is 0 Å². The van der Waals surface area contributed by atoms with Crippen LogP contribution in [0.5, 0.6) is 0 Å². The maximum Gasteiger partial charge on any atom is 0.128 e. The average Bonchev–Trinajstić information content (AvgIpc) is 3.05. The molecular formula is C15H24O. The Labute approximate surface area is 99.6 Å². The molecule has 0 unspecified atom stereocenters. The van der Waals surface area contributed by atoms with Crippen molar-refractivity contribution >= 4 is 0 Å². The molecule has 2 fully saturated rings. The van der Waals surface area contributed by atoms with Gasteiger partial charge in [0.1, 0.15) is 5.60 Å². The summed E-state index contributed by atoms with van der Waals surface area (Å²) < 4.78 is 0. The fraction of sp³-hybridized carbons (Fsp3) is 0.867. The Bertz CT molecular complexity index is 265. The second kappa shape index (κ2) is 5.23. The smallest absolute Gasteiger partial charge is 0.128 e. The van der Waals surface area contributed by atoms with E-state index in [0.717, 1.165) is 18.8 Å². The van der Waals surface area contributed by atoms with E-state index in [1.54, 1.807) is 0 Å². The fourth-order valence-electron chi connectivity index (χ4n) is 3.20. The van der Waals surface area contributed by atoms with E-state index >= 15 is 0 Å². The van der Waals surface area contributed by atoms with Gasteiger partial charge in [-0.1, -0.05) is 50.9 Å². The summed E-state index contributed by atoms with van der Waals surface area (Å²) in [5.41, 5.74) is -0.774. The minimum absolute atomic E-state index is 0.414. The summed E-state index contributed by atoms with van der Waals surface area (Å²) >= 11 is 0. The van der Waals surface area contributed by atoms with Gasteiger partial charge in [-0.3, -0.25) is 0 Å². The summed E-state index contributed by atoms with van der Waals surface area (Å²) in [7, 11) is 0. The molecule has 0 aromatic rings. The van der Waals surface area contributed by atoms with Gasteiger partial charge in [-0.15, -0.1) is 6.42 Å². The van der Waals surface area contributed by atoms with E-state index in [1.807, 2.05) is 0 Å². The number of rotatable bonds is 0. The quantitative estimate of drug-likeness (QED) is 0.619. The minimum atomic E-state index is -0.774. The maximum absolute atomic E-state index is 10.4. The molecule has 0 amide bonds. The second-order valence-electron chi connectivity index (χ2n) is 5.68. The van der Waals surface area contributed by atoms with Crippen LogP contribution in [0, 0.1) is 24.2 Å². The van der Waals surface area contributed by atoms with Gasteiger partial charge in [-0.2, -0.15) is 0 Å². The number of hydrogen-bond acceptors (Lipinski definition) is 1. The van der Waals surface area contributed by atoms with Gasteiger partial charge in [0, 0.05) is 5.92 Å². The van der Waals surface area contributed by atoms with Crippen molar-refractivity contribution in [2.75, 3.05) is 0 Å². The molecule has 2 saturated carbocycles. The Morgan fingerprint density at radius 2 is 1.62 bits per heavy atom. The van der Waals surface area contributed by atoms with E-state index < -0.39 is 5.60 Å². The van der Waals surface area contributed by atoms with Gasteiger partial charge in [0.2, 0.25) is 0 Å². The van der Waals surface area contributed by atoms with Crippen LogP contribution < -0.4 is 0 Å². The van der Waals surface area contributed by atoms with Gasteiger partial charge in [-0.25, -0.2) is 0 Å². The lowest BCUT2D eigenvalue weighted by atomic mass is 9.89. The Kier molecular flexibility index (Phi) is 3.92. The molecule has 3 atom stereocenters. The molecule has 2 aliphatic carbocycles. The third-order valence-corrected chi connectivity index (χ3v) is 4.42. The Balaban J connectivity index is 1.91. The average molecular weight is 220 g/mol. The van der Waals surface area contributed by atoms with Crippen LogP contribution in [0.4, 0.5) is 0 Å². The minimum Gasteiger partial charge on any atom is -0.377 e. The molecule has 16 heavy (non-hydrogen) atoms. The van der Waals surface area contributed by atoms with Crippen LogP contribution in [0.3, 0.4) is 0 Å². The van der Waals surface area contributed by atoms with Crippen molar-refractivity contribution in [1.82, 2.24) is 0 Å². The first-order valence-corrected chi connectivity index (χ1v) is 6.96. The first-order chi connectivity index (χ1) is 7.76. The van der Waals surface area contributed by atoms with Crippen LogP contribution in [-0.2, 0) is 0 Å². The van der Waals surface area contributed by atoms with Crippen LogP contribution >= 0.6 is 0 Å². The molecule has 0 radical (unpaired) electrons. The summed E-state index contributed by atoms with van der Waals surface area (Å²) in [6.07, 6.45) is 17.9. The highest BCUT2D eigenvalue weighted by Gasteiger charge is 2.49. The molecule has 0 bridgehead atoms. The molecule has 2 rings (SSSR count). The topological polar surface area (TPSA) is 20.2 Å². The number of hydrogen-bond donors (Lipinski definition) is 1. The lowest BCUT2D eigenvalue weighted by molar-refractivity contribution is 0.0591. The lowest BCUT2D eigenvalue weighted by Crippen LogP contribution is -2.30. The predicted molar refractivity (Wildman–Crippen MR) is 66.9 cm³/mol. The molecule has 0 aromatic heterocycles. The lowest BCUT2D eigenvalue weighted by Gasteiger charge is -2.23. The van der Waals surface area contributed by atoms with Crippen molar-refractivity contribution in [2.24, 2.45) is 11.8 Å². The highest BCUT2D eigenvalue weighted by molar-refractivity contribution is 5.16. The highest BCUT2D eigenvalue weighted by atomic mass is 16.3. The van der Waals surface area contributed by atoms with Gasteiger partial charge >= 0.3 is 0 Å².